The Morgan fingerprint density at radius 1 is 0.650 bits per heavy atom. The van der Waals surface area contributed by atoms with Crippen LogP contribution in [0, 0.1) is 5.92 Å². The molecule has 350 valence electrons. The number of rotatable bonds is 30. The maximum Gasteiger partial charge on any atom is 0.186 e. The maximum atomic E-state index is 11.1. The molecule has 0 spiro atoms. The van der Waals surface area contributed by atoms with Gasteiger partial charge in [0.05, 0.1) is 80.4 Å². The van der Waals surface area contributed by atoms with Crippen LogP contribution in [0.25, 0.3) is 0 Å². The van der Waals surface area contributed by atoms with E-state index in [1.165, 1.54) is 18.2 Å². The fourth-order valence-electron chi connectivity index (χ4n) is 7.52. The second-order valence-electron chi connectivity index (χ2n) is 16.4. The Morgan fingerprint density at radius 2 is 1.17 bits per heavy atom. The summed E-state index contributed by atoms with van der Waals surface area (Å²) in [5, 5.41) is 125. The van der Waals surface area contributed by atoms with Gasteiger partial charge in [0, 0.05) is 25.2 Å². The van der Waals surface area contributed by atoms with Crippen molar-refractivity contribution in [1.29, 1.82) is 0 Å². The van der Waals surface area contributed by atoms with Crippen molar-refractivity contribution >= 4 is 0 Å². The van der Waals surface area contributed by atoms with Gasteiger partial charge in [0.25, 0.3) is 0 Å². The van der Waals surface area contributed by atoms with E-state index in [1.807, 2.05) is 31.2 Å². The topological polar surface area (TPSA) is 306 Å². The van der Waals surface area contributed by atoms with Crippen LogP contribution in [0.4, 0.5) is 0 Å². The van der Waals surface area contributed by atoms with Crippen LogP contribution in [0.2, 0.25) is 0 Å². The first-order chi connectivity index (χ1) is 28.4. The summed E-state index contributed by atoms with van der Waals surface area (Å²) < 4.78 is 24.1. The van der Waals surface area contributed by atoms with Crippen molar-refractivity contribution in [1.82, 2.24) is 0 Å². The third-order valence-corrected chi connectivity index (χ3v) is 11.0. The second kappa shape index (κ2) is 28.9. The fraction of sp³-hybridized carbons (Fsp3) is 0.814. The molecule has 2 saturated heterocycles. The van der Waals surface area contributed by atoms with Crippen LogP contribution < -0.4 is 5.73 Å². The molecule has 16 unspecified atom stereocenters. The third kappa shape index (κ3) is 20.2. The minimum atomic E-state index is -1.53. The van der Waals surface area contributed by atoms with E-state index in [9.17, 15) is 61.3 Å². The van der Waals surface area contributed by atoms with Gasteiger partial charge in [-0.2, -0.15) is 0 Å². The van der Waals surface area contributed by atoms with Crippen molar-refractivity contribution in [2.24, 2.45) is 11.7 Å². The van der Waals surface area contributed by atoms with E-state index < -0.39 is 103 Å². The van der Waals surface area contributed by atoms with Crippen LogP contribution in [0.3, 0.4) is 0 Å². The Hall–Kier alpha value is -1.72. The third-order valence-electron chi connectivity index (χ3n) is 11.0. The quantitative estimate of drug-likeness (QED) is 0.0326. The highest BCUT2D eigenvalue weighted by molar-refractivity contribution is 5.03. The normalized spacial score (nSPS) is 28.2. The van der Waals surface area contributed by atoms with Gasteiger partial charge in [0.1, 0.15) is 18.3 Å². The molecule has 17 heteroatoms. The molecule has 14 N–H and O–H groups in total. The molecule has 60 heavy (non-hydrogen) atoms. The summed E-state index contributed by atoms with van der Waals surface area (Å²) in [6, 6.07) is 0. The van der Waals surface area contributed by atoms with Crippen molar-refractivity contribution in [3.63, 3.8) is 0 Å². The monoisotopic (exact) mass is 864 g/mol. The van der Waals surface area contributed by atoms with E-state index in [-0.39, 0.29) is 71.0 Å². The first kappa shape index (κ1) is 54.4. The number of hydrogen-bond donors (Lipinski definition) is 13. The van der Waals surface area contributed by atoms with E-state index in [1.54, 1.807) is 19.9 Å². The van der Waals surface area contributed by atoms with E-state index in [2.05, 4.69) is 0 Å². The minimum Gasteiger partial charge on any atom is -0.393 e. The molecular formula is C43H77NO16. The molecule has 0 aromatic rings. The first-order valence-electron chi connectivity index (χ1n) is 21.5. The predicted octanol–water partition coefficient (Wildman–Crippen LogP) is -0.289. The maximum absolute atomic E-state index is 11.1. The molecule has 16 atom stereocenters. The van der Waals surface area contributed by atoms with Crippen LogP contribution in [0.1, 0.15) is 97.8 Å². The van der Waals surface area contributed by atoms with Gasteiger partial charge < -0.3 is 86.0 Å². The Morgan fingerprint density at radius 3 is 1.72 bits per heavy atom. The van der Waals surface area contributed by atoms with Gasteiger partial charge in [-0.25, -0.2) is 0 Å². The van der Waals surface area contributed by atoms with Crippen molar-refractivity contribution in [3.8, 4) is 0 Å². The van der Waals surface area contributed by atoms with E-state index >= 15 is 0 Å². The zero-order valence-electron chi connectivity index (χ0n) is 35.5. The molecule has 2 fully saturated rings. The van der Waals surface area contributed by atoms with Crippen LogP contribution in [0.5, 0.6) is 0 Å². The average molecular weight is 864 g/mol. The summed E-state index contributed by atoms with van der Waals surface area (Å²) >= 11 is 0. The van der Waals surface area contributed by atoms with Gasteiger partial charge in [-0.15, -0.1) is 0 Å². The largest absolute Gasteiger partial charge is 0.393 e. The Kier molecular flexibility index (Phi) is 26.2. The molecule has 0 aromatic carbocycles. The standard InChI is InChI=1S/C43H77NO16/c1-4-5-6-7-16-38(60-42-41(56)40(55)39(54)28(3)59-42)27(2)43(57-18-19-58-43)26-37(53)25-36(52)23-32(48)14-9-13-31(47)22-35(51)24-34(50)21-30(46)12-8-11-29(45)20-33(49)15-10-17-44/h4-9,12,14,27-42,45-56H,10-11,13,15-26,44H2,1-3H3. The lowest BCUT2D eigenvalue weighted by molar-refractivity contribution is -0.320. The van der Waals surface area contributed by atoms with Crippen LogP contribution in [-0.2, 0) is 18.9 Å². The van der Waals surface area contributed by atoms with Gasteiger partial charge in [0.2, 0.25) is 0 Å². The van der Waals surface area contributed by atoms with Gasteiger partial charge in [-0.05, 0) is 78.2 Å². The lowest BCUT2D eigenvalue weighted by Crippen LogP contribution is -2.59. The molecule has 2 aliphatic rings. The number of hydrogen-bond acceptors (Lipinski definition) is 17. The predicted molar refractivity (Wildman–Crippen MR) is 222 cm³/mol. The Bertz CT molecular complexity index is 1250. The highest BCUT2D eigenvalue weighted by Crippen LogP contribution is 2.39. The van der Waals surface area contributed by atoms with Crippen molar-refractivity contribution in [3.05, 3.63) is 48.6 Å². The summed E-state index contributed by atoms with van der Waals surface area (Å²) in [5.41, 5.74) is 5.43. The van der Waals surface area contributed by atoms with Crippen LogP contribution in [-0.4, -0.2) is 179 Å². The SMILES string of the molecule is CC=CC=CCC(OC1OC(C)C(O)C(O)C1O)C(C)C1(CC(O)CC(O)CC(O)C=CCC(O)CC(O)CC(O)CC(O)C=CCC(O)CC(O)CCCN)OCCO1. The highest BCUT2D eigenvalue weighted by Gasteiger charge is 2.50. The molecule has 17 nitrogen and oxygen atoms in total. The molecule has 2 aliphatic heterocycles. The molecule has 0 aliphatic carbocycles. The summed E-state index contributed by atoms with van der Waals surface area (Å²) in [4.78, 5) is 0. The lowest BCUT2D eigenvalue weighted by Gasteiger charge is -2.43. The highest BCUT2D eigenvalue weighted by atomic mass is 16.7. The summed E-state index contributed by atoms with van der Waals surface area (Å²) in [7, 11) is 0. The Balaban J connectivity index is 1.83. The number of aliphatic hydroxyl groups excluding tert-OH is 12. The summed E-state index contributed by atoms with van der Waals surface area (Å²) in [6.45, 7) is 6.14. The van der Waals surface area contributed by atoms with E-state index in [4.69, 9.17) is 24.7 Å². The summed E-state index contributed by atoms with van der Waals surface area (Å²) in [6.07, 6.45) is -1.47. The smallest absolute Gasteiger partial charge is 0.186 e. The van der Waals surface area contributed by atoms with E-state index in [0.717, 1.165) is 0 Å². The fourth-order valence-corrected chi connectivity index (χ4v) is 7.52. The van der Waals surface area contributed by atoms with Gasteiger partial charge in [-0.1, -0.05) is 55.5 Å². The molecule has 0 radical (unpaired) electrons. The molecule has 0 bridgehead atoms. The zero-order chi connectivity index (χ0) is 44.8. The number of ether oxygens (including phenoxy) is 4. The lowest BCUT2D eigenvalue weighted by atomic mass is 9.86. The number of nitrogens with two attached hydrogens (primary N) is 1. The molecule has 0 aromatic heterocycles. The van der Waals surface area contributed by atoms with Crippen molar-refractivity contribution in [2.45, 2.75) is 195 Å². The zero-order valence-corrected chi connectivity index (χ0v) is 35.5. The first-order valence-corrected chi connectivity index (χ1v) is 21.5. The van der Waals surface area contributed by atoms with E-state index in [0.29, 0.717) is 25.8 Å². The molecule has 0 saturated carbocycles. The number of aliphatic hydroxyl groups is 12. The average Bonchev–Trinajstić information content (AvgIpc) is 3.64. The van der Waals surface area contributed by atoms with Crippen molar-refractivity contribution in [2.75, 3.05) is 19.8 Å². The summed E-state index contributed by atoms with van der Waals surface area (Å²) in [5.74, 6) is -1.92. The molecule has 0 amide bonds. The van der Waals surface area contributed by atoms with Crippen LogP contribution in [0.15, 0.2) is 48.6 Å². The minimum absolute atomic E-state index is 0.0630. The van der Waals surface area contributed by atoms with Crippen LogP contribution >= 0.6 is 0 Å². The molecule has 2 rings (SSSR count). The molecule has 2 heterocycles. The second-order valence-corrected chi connectivity index (χ2v) is 16.4. The van der Waals surface area contributed by atoms with Gasteiger partial charge >= 0.3 is 0 Å². The van der Waals surface area contributed by atoms with Crippen molar-refractivity contribution < 1.29 is 80.2 Å². The van der Waals surface area contributed by atoms with Gasteiger partial charge in [0.15, 0.2) is 12.1 Å². The van der Waals surface area contributed by atoms with Gasteiger partial charge in [-0.3, -0.25) is 0 Å². The Labute approximate surface area is 355 Å². The number of allylic oxidation sites excluding steroid dienone is 3. The molecular weight excluding hydrogens is 786 g/mol.